The number of hydrogen-bond acceptors (Lipinski definition) is 1. The summed E-state index contributed by atoms with van der Waals surface area (Å²) in [5.41, 5.74) is 0. The molecule has 1 nitrogen and oxygen atoms in total. The molecular weight excluding hydrogens is 170 g/mol. The maximum absolute atomic E-state index is 2.60. The van der Waals surface area contributed by atoms with Gasteiger partial charge in [0.25, 0.3) is 0 Å². The predicted molar refractivity (Wildman–Crippen MR) is 65.6 cm³/mol. The van der Waals surface area contributed by atoms with Gasteiger partial charge in [-0.25, -0.2) is 0 Å². The summed E-state index contributed by atoms with van der Waals surface area (Å²) < 4.78 is 0. The van der Waals surface area contributed by atoms with E-state index in [0.29, 0.717) is 0 Å². The Labute approximate surface area is 90.9 Å². The first-order chi connectivity index (χ1) is 6.77. The van der Waals surface area contributed by atoms with Crippen molar-refractivity contribution in [1.29, 1.82) is 0 Å². The zero-order valence-electron chi connectivity index (χ0n) is 10.8. The molecule has 0 heterocycles. The Morgan fingerprint density at radius 3 is 2.07 bits per heavy atom. The summed E-state index contributed by atoms with van der Waals surface area (Å²) in [6, 6.07) is 0. The summed E-state index contributed by atoms with van der Waals surface area (Å²) >= 11 is 0. The topological polar surface area (TPSA) is 3.24 Å². The van der Waals surface area contributed by atoms with Crippen molar-refractivity contribution in [3.05, 3.63) is 0 Å². The Bertz CT molecular complexity index is 122. The van der Waals surface area contributed by atoms with Crippen LogP contribution < -0.4 is 0 Å². The van der Waals surface area contributed by atoms with Gasteiger partial charge >= 0.3 is 0 Å². The van der Waals surface area contributed by atoms with Crippen LogP contribution in [-0.2, 0) is 0 Å². The molecule has 1 unspecified atom stereocenters. The molecule has 0 aromatic rings. The average molecular weight is 199 g/mol. The van der Waals surface area contributed by atoms with Crippen LogP contribution in [0.25, 0.3) is 0 Å². The largest absolute Gasteiger partial charge is 0.303 e. The molecule has 0 N–H and O–H groups in total. The van der Waals surface area contributed by atoms with Gasteiger partial charge in [-0.1, -0.05) is 41.0 Å². The Morgan fingerprint density at radius 2 is 1.79 bits per heavy atom. The molecule has 0 saturated heterocycles. The Balaban J connectivity index is 0.000000791. The average Bonchev–Trinajstić information content (AvgIpc) is 2.24. The minimum absolute atomic E-state index is 0.996. The molecule has 2 atom stereocenters. The molecule has 0 spiro atoms. The van der Waals surface area contributed by atoms with Gasteiger partial charge in [0.05, 0.1) is 0 Å². The highest BCUT2D eigenvalue weighted by Gasteiger charge is 2.27. The van der Waals surface area contributed by atoms with Crippen molar-refractivity contribution in [1.82, 2.24) is 4.90 Å². The third-order valence-corrected chi connectivity index (χ3v) is 3.28. The second-order valence-electron chi connectivity index (χ2n) is 4.21. The van der Waals surface area contributed by atoms with Crippen LogP contribution in [0.3, 0.4) is 0 Å². The molecule has 0 amide bonds. The highest BCUT2D eigenvalue weighted by Crippen LogP contribution is 2.33. The van der Waals surface area contributed by atoms with Crippen molar-refractivity contribution < 1.29 is 0 Å². The van der Waals surface area contributed by atoms with Crippen LogP contribution in [0, 0.1) is 11.8 Å². The van der Waals surface area contributed by atoms with Crippen LogP contribution >= 0.6 is 0 Å². The van der Waals surface area contributed by atoms with Crippen molar-refractivity contribution in [2.24, 2.45) is 11.8 Å². The van der Waals surface area contributed by atoms with Crippen molar-refractivity contribution >= 4 is 0 Å². The molecule has 0 aromatic heterocycles. The van der Waals surface area contributed by atoms with Gasteiger partial charge < -0.3 is 4.90 Å². The van der Waals surface area contributed by atoms with Gasteiger partial charge in [0.15, 0.2) is 0 Å². The van der Waals surface area contributed by atoms with Gasteiger partial charge in [0.1, 0.15) is 0 Å². The second-order valence-corrected chi connectivity index (χ2v) is 4.21. The van der Waals surface area contributed by atoms with Gasteiger partial charge in [-0.05, 0) is 37.8 Å². The number of rotatable bonds is 5. The molecule has 1 aliphatic carbocycles. The fourth-order valence-corrected chi connectivity index (χ4v) is 2.03. The normalized spacial score (nSPS) is 25.3. The molecule has 1 heteroatoms. The third kappa shape index (κ3) is 4.45. The van der Waals surface area contributed by atoms with Crippen molar-refractivity contribution in [2.45, 2.75) is 53.9 Å². The van der Waals surface area contributed by atoms with E-state index in [2.05, 4.69) is 25.7 Å². The lowest BCUT2D eigenvalue weighted by Gasteiger charge is -2.37. The highest BCUT2D eigenvalue weighted by molar-refractivity contribution is 4.79. The monoisotopic (exact) mass is 199 g/mol. The molecule has 86 valence electrons. The quantitative estimate of drug-likeness (QED) is 0.651. The predicted octanol–water partition coefficient (Wildman–Crippen LogP) is 3.79. The van der Waals surface area contributed by atoms with Gasteiger partial charge in [-0.3, -0.25) is 0 Å². The van der Waals surface area contributed by atoms with E-state index in [1.165, 1.54) is 38.9 Å². The van der Waals surface area contributed by atoms with Crippen LogP contribution in [0.1, 0.15) is 53.9 Å². The highest BCUT2D eigenvalue weighted by atomic mass is 15.1. The van der Waals surface area contributed by atoms with Gasteiger partial charge in [0.2, 0.25) is 0 Å². The molecule has 1 saturated carbocycles. The molecule has 0 aromatic carbocycles. The van der Waals surface area contributed by atoms with Crippen LogP contribution in [0.5, 0.6) is 0 Å². The molecular formula is C13H29N. The lowest BCUT2D eigenvalue weighted by atomic mass is 9.75. The zero-order chi connectivity index (χ0) is 11.0. The first-order valence-electron chi connectivity index (χ1n) is 6.50. The molecule has 0 aliphatic heterocycles. The third-order valence-electron chi connectivity index (χ3n) is 3.28. The summed E-state index contributed by atoms with van der Waals surface area (Å²) in [7, 11) is 0. The molecule has 1 aliphatic rings. The van der Waals surface area contributed by atoms with Crippen LogP contribution in [-0.4, -0.2) is 24.5 Å². The van der Waals surface area contributed by atoms with E-state index in [1.807, 2.05) is 13.8 Å². The van der Waals surface area contributed by atoms with E-state index >= 15 is 0 Å². The van der Waals surface area contributed by atoms with E-state index in [9.17, 15) is 0 Å². The van der Waals surface area contributed by atoms with Crippen LogP contribution in [0.15, 0.2) is 0 Å². The maximum Gasteiger partial charge on any atom is 0.00121 e. The van der Waals surface area contributed by atoms with E-state index in [0.717, 1.165) is 11.8 Å². The van der Waals surface area contributed by atoms with Crippen molar-refractivity contribution in [3.8, 4) is 0 Å². The Kier molecular flexibility index (Phi) is 8.26. The summed E-state index contributed by atoms with van der Waals surface area (Å²) in [6.45, 7) is 14.8. The number of hydrogen-bond donors (Lipinski definition) is 0. The summed E-state index contributed by atoms with van der Waals surface area (Å²) in [5.74, 6) is 2.01. The Hall–Kier alpha value is -0.0400. The molecule has 1 fully saturated rings. The van der Waals surface area contributed by atoms with Gasteiger partial charge in [0, 0.05) is 6.54 Å². The maximum atomic E-state index is 2.60. The smallest absolute Gasteiger partial charge is 0.00121 e. The minimum atomic E-state index is 0.996. The fraction of sp³-hybridized carbons (Fsp3) is 1.00. The standard InChI is InChI=1S/C11H23N.C2H6/c1-4-8-12(5-2)9-11-7-6-10(11)3;1-2/h10-11H,4-9H2,1-3H3;1-2H3/t10?,11-;/m1./s1. The fourth-order valence-electron chi connectivity index (χ4n) is 2.03. The van der Waals surface area contributed by atoms with Gasteiger partial charge in [-0.2, -0.15) is 0 Å². The first-order valence-corrected chi connectivity index (χ1v) is 6.50. The molecule has 0 radical (unpaired) electrons. The van der Waals surface area contributed by atoms with Crippen LogP contribution in [0.2, 0.25) is 0 Å². The second kappa shape index (κ2) is 8.28. The van der Waals surface area contributed by atoms with Gasteiger partial charge in [-0.15, -0.1) is 0 Å². The van der Waals surface area contributed by atoms with Crippen molar-refractivity contribution in [3.63, 3.8) is 0 Å². The van der Waals surface area contributed by atoms with E-state index in [4.69, 9.17) is 0 Å². The SMILES string of the molecule is CC.CCCN(CC)C[C@H]1CCC1C. The van der Waals surface area contributed by atoms with Crippen LogP contribution in [0.4, 0.5) is 0 Å². The zero-order valence-corrected chi connectivity index (χ0v) is 10.8. The number of nitrogens with zero attached hydrogens (tertiary/aromatic N) is 1. The Morgan fingerprint density at radius 1 is 1.14 bits per heavy atom. The van der Waals surface area contributed by atoms with E-state index < -0.39 is 0 Å². The minimum Gasteiger partial charge on any atom is -0.303 e. The van der Waals surface area contributed by atoms with E-state index in [1.54, 1.807) is 0 Å². The molecule has 1 rings (SSSR count). The lowest BCUT2D eigenvalue weighted by Crippen LogP contribution is -2.37. The summed E-state index contributed by atoms with van der Waals surface area (Å²) in [5, 5.41) is 0. The van der Waals surface area contributed by atoms with Crippen molar-refractivity contribution in [2.75, 3.05) is 19.6 Å². The first kappa shape index (κ1) is 14.0. The summed E-state index contributed by atoms with van der Waals surface area (Å²) in [6.07, 6.45) is 4.24. The summed E-state index contributed by atoms with van der Waals surface area (Å²) in [4.78, 5) is 2.60. The lowest BCUT2D eigenvalue weighted by molar-refractivity contribution is 0.124. The molecule has 14 heavy (non-hydrogen) atoms. The van der Waals surface area contributed by atoms with E-state index in [-0.39, 0.29) is 0 Å². The molecule has 0 bridgehead atoms.